The number of hydrogen-bond donors (Lipinski definition) is 2. The van der Waals surface area contributed by atoms with Crippen molar-refractivity contribution in [1.82, 2.24) is 9.78 Å². The molecule has 1 aliphatic heterocycles. The van der Waals surface area contributed by atoms with Gasteiger partial charge in [0.1, 0.15) is 6.61 Å². The maximum absolute atomic E-state index is 12.3. The number of cyclic esters (lactones) is 1. The summed E-state index contributed by atoms with van der Waals surface area (Å²) in [7, 11) is 0. The molecule has 1 aliphatic rings. The molecule has 0 spiro atoms. The van der Waals surface area contributed by atoms with Crippen LogP contribution in [0.25, 0.3) is 0 Å². The van der Waals surface area contributed by atoms with Crippen LogP contribution in [0.4, 0.5) is 26.7 Å². The molecule has 2 heterocycles. The van der Waals surface area contributed by atoms with Gasteiger partial charge in [-0.1, -0.05) is 36.4 Å². The Morgan fingerprint density at radius 3 is 2.68 bits per heavy atom. The first-order valence-electron chi connectivity index (χ1n) is 8.86. The number of benzene rings is 2. The van der Waals surface area contributed by atoms with Crippen molar-refractivity contribution in [3.8, 4) is 0 Å². The molecule has 0 aliphatic carbocycles. The van der Waals surface area contributed by atoms with E-state index in [9.17, 15) is 9.59 Å². The van der Waals surface area contributed by atoms with Crippen LogP contribution in [0.1, 0.15) is 5.56 Å². The molecule has 0 radical (unpaired) electrons. The predicted octanol–water partition coefficient (Wildman–Crippen LogP) is 3.53. The van der Waals surface area contributed by atoms with E-state index >= 15 is 0 Å². The van der Waals surface area contributed by atoms with Crippen molar-refractivity contribution < 1.29 is 14.3 Å². The molecule has 8 heteroatoms. The standard InChI is InChI=1S/C20H19N5O3/c26-19(22-16-7-4-8-18(11-16)25-9-10-28-20(25)27)23-17-12-21-24(14-17)13-15-5-2-1-3-6-15/h1-8,11-12,14H,9-10,13H2,(H2,22,23,26). The van der Waals surface area contributed by atoms with Crippen molar-refractivity contribution in [3.05, 3.63) is 72.6 Å². The van der Waals surface area contributed by atoms with Crippen LogP contribution in [0.15, 0.2) is 67.0 Å². The van der Waals surface area contributed by atoms with Crippen molar-refractivity contribution in [2.24, 2.45) is 0 Å². The van der Waals surface area contributed by atoms with E-state index in [1.165, 1.54) is 4.90 Å². The third-order valence-corrected chi connectivity index (χ3v) is 4.26. The monoisotopic (exact) mass is 377 g/mol. The number of urea groups is 1. The van der Waals surface area contributed by atoms with E-state index in [4.69, 9.17) is 4.74 Å². The summed E-state index contributed by atoms with van der Waals surface area (Å²) < 4.78 is 6.70. The molecule has 2 N–H and O–H groups in total. The number of nitrogens with one attached hydrogen (secondary N) is 2. The Morgan fingerprint density at radius 1 is 1.07 bits per heavy atom. The van der Waals surface area contributed by atoms with Gasteiger partial charge in [-0.15, -0.1) is 0 Å². The molecule has 3 aromatic rings. The van der Waals surface area contributed by atoms with Crippen LogP contribution in [0.3, 0.4) is 0 Å². The van der Waals surface area contributed by atoms with E-state index < -0.39 is 0 Å². The van der Waals surface area contributed by atoms with Gasteiger partial charge in [-0.2, -0.15) is 5.10 Å². The summed E-state index contributed by atoms with van der Waals surface area (Å²) in [4.78, 5) is 25.5. The smallest absolute Gasteiger partial charge is 0.414 e. The maximum Gasteiger partial charge on any atom is 0.414 e. The largest absolute Gasteiger partial charge is 0.447 e. The summed E-state index contributed by atoms with van der Waals surface area (Å²) in [5.41, 5.74) is 2.97. The van der Waals surface area contributed by atoms with Gasteiger partial charge in [0.25, 0.3) is 0 Å². The molecule has 1 aromatic heterocycles. The van der Waals surface area contributed by atoms with Gasteiger partial charge < -0.3 is 15.4 Å². The number of aromatic nitrogens is 2. The molecular weight excluding hydrogens is 358 g/mol. The van der Waals surface area contributed by atoms with Gasteiger partial charge in [0.2, 0.25) is 0 Å². The molecule has 28 heavy (non-hydrogen) atoms. The fourth-order valence-corrected chi connectivity index (χ4v) is 2.96. The van der Waals surface area contributed by atoms with E-state index in [-0.39, 0.29) is 12.1 Å². The Hall–Kier alpha value is -3.81. The second-order valence-electron chi connectivity index (χ2n) is 6.31. The number of anilines is 3. The van der Waals surface area contributed by atoms with Crippen LogP contribution in [0.2, 0.25) is 0 Å². The molecule has 0 atom stereocenters. The van der Waals surface area contributed by atoms with Crippen molar-refractivity contribution in [2.75, 3.05) is 28.7 Å². The van der Waals surface area contributed by atoms with E-state index in [1.807, 2.05) is 30.3 Å². The van der Waals surface area contributed by atoms with Crippen molar-refractivity contribution in [2.45, 2.75) is 6.54 Å². The molecule has 1 fully saturated rings. The lowest BCUT2D eigenvalue weighted by molar-refractivity contribution is 0.181. The lowest BCUT2D eigenvalue weighted by Crippen LogP contribution is -2.24. The zero-order valence-electron chi connectivity index (χ0n) is 15.0. The lowest BCUT2D eigenvalue weighted by atomic mass is 10.2. The molecule has 3 amide bonds. The Morgan fingerprint density at radius 2 is 1.89 bits per heavy atom. The third kappa shape index (κ3) is 4.12. The number of ether oxygens (including phenoxy) is 1. The molecule has 4 rings (SSSR count). The van der Waals surface area contributed by atoms with Crippen LogP contribution in [-0.4, -0.2) is 35.1 Å². The number of amides is 3. The molecule has 0 unspecified atom stereocenters. The van der Waals surface area contributed by atoms with Gasteiger partial charge in [-0.05, 0) is 23.8 Å². The zero-order chi connectivity index (χ0) is 19.3. The number of carbonyl (C=O) groups is 2. The summed E-state index contributed by atoms with van der Waals surface area (Å²) in [5.74, 6) is 0. The summed E-state index contributed by atoms with van der Waals surface area (Å²) in [6.07, 6.45) is 2.98. The van der Waals surface area contributed by atoms with Crippen molar-refractivity contribution in [3.63, 3.8) is 0 Å². The van der Waals surface area contributed by atoms with Crippen LogP contribution in [0, 0.1) is 0 Å². The molecular formula is C20H19N5O3. The summed E-state index contributed by atoms with van der Waals surface area (Å²) in [6, 6.07) is 16.6. The quantitative estimate of drug-likeness (QED) is 0.712. The maximum atomic E-state index is 12.3. The normalized spacial score (nSPS) is 13.3. The summed E-state index contributed by atoms with van der Waals surface area (Å²) >= 11 is 0. The van der Waals surface area contributed by atoms with Gasteiger partial charge in [0, 0.05) is 17.6 Å². The minimum Gasteiger partial charge on any atom is -0.447 e. The second-order valence-corrected chi connectivity index (χ2v) is 6.31. The van der Waals surface area contributed by atoms with E-state index in [1.54, 1.807) is 41.3 Å². The summed E-state index contributed by atoms with van der Waals surface area (Å²) in [5, 5.41) is 9.78. The highest BCUT2D eigenvalue weighted by Crippen LogP contribution is 2.22. The molecule has 1 saturated heterocycles. The number of hydrogen-bond acceptors (Lipinski definition) is 4. The number of nitrogens with zero attached hydrogens (tertiary/aromatic N) is 3. The minimum atomic E-state index is -0.389. The zero-order valence-corrected chi connectivity index (χ0v) is 15.0. The first-order valence-corrected chi connectivity index (χ1v) is 8.86. The Bertz CT molecular complexity index is 986. The highest BCUT2D eigenvalue weighted by molar-refractivity contribution is 6.00. The predicted molar refractivity (Wildman–Crippen MR) is 106 cm³/mol. The summed E-state index contributed by atoms with van der Waals surface area (Å²) in [6.45, 7) is 1.48. The molecule has 8 nitrogen and oxygen atoms in total. The molecule has 0 bridgehead atoms. The van der Waals surface area contributed by atoms with Gasteiger partial charge in [0.15, 0.2) is 0 Å². The molecule has 142 valence electrons. The molecule has 0 saturated carbocycles. The average molecular weight is 377 g/mol. The highest BCUT2D eigenvalue weighted by atomic mass is 16.6. The number of carbonyl (C=O) groups excluding carboxylic acids is 2. The van der Waals surface area contributed by atoms with E-state index in [0.717, 1.165) is 5.56 Å². The van der Waals surface area contributed by atoms with Crippen LogP contribution in [0.5, 0.6) is 0 Å². The Kier molecular flexibility index (Phi) is 4.92. The van der Waals surface area contributed by atoms with Crippen LogP contribution < -0.4 is 15.5 Å². The van der Waals surface area contributed by atoms with Crippen molar-refractivity contribution in [1.29, 1.82) is 0 Å². The number of rotatable bonds is 5. The van der Waals surface area contributed by atoms with E-state index in [2.05, 4.69) is 15.7 Å². The highest BCUT2D eigenvalue weighted by Gasteiger charge is 2.23. The van der Waals surface area contributed by atoms with Crippen molar-refractivity contribution >= 4 is 29.2 Å². The third-order valence-electron chi connectivity index (χ3n) is 4.26. The van der Waals surface area contributed by atoms with Gasteiger partial charge in [-0.25, -0.2) is 9.59 Å². The topological polar surface area (TPSA) is 88.5 Å². The van der Waals surface area contributed by atoms with Gasteiger partial charge in [-0.3, -0.25) is 9.58 Å². The lowest BCUT2D eigenvalue weighted by Gasteiger charge is -2.14. The van der Waals surface area contributed by atoms with Crippen LogP contribution >= 0.6 is 0 Å². The van der Waals surface area contributed by atoms with Gasteiger partial charge in [0.05, 0.1) is 25.0 Å². The van der Waals surface area contributed by atoms with Crippen LogP contribution in [-0.2, 0) is 11.3 Å². The Balaban J connectivity index is 1.36. The first-order chi connectivity index (χ1) is 13.7. The second kappa shape index (κ2) is 7.83. The SMILES string of the molecule is O=C(Nc1cccc(N2CCOC2=O)c1)Nc1cnn(Cc2ccccc2)c1. The Labute approximate surface area is 161 Å². The average Bonchev–Trinajstić information content (AvgIpc) is 3.31. The van der Waals surface area contributed by atoms with Gasteiger partial charge >= 0.3 is 12.1 Å². The minimum absolute atomic E-state index is 0.365. The van der Waals surface area contributed by atoms with E-state index in [0.29, 0.717) is 36.8 Å². The molecule has 2 aromatic carbocycles. The fraction of sp³-hybridized carbons (Fsp3) is 0.150. The first kappa shape index (κ1) is 17.6. The fourth-order valence-electron chi connectivity index (χ4n) is 2.96.